The average molecular weight is 593 g/mol. The van der Waals surface area contributed by atoms with Crippen LogP contribution in [0.4, 0.5) is 4.79 Å². The summed E-state index contributed by atoms with van der Waals surface area (Å²) in [5, 5.41) is 11.9. The fraction of sp³-hybridized carbons (Fsp3) is 0.893. The van der Waals surface area contributed by atoms with Gasteiger partial charge in [-0.3, -0.25) is 9.59 Å². The van der Waals surface area contributed by atoms with E-state index in [1.54, 1.807) is 7.11 Å². The molecule has 4 amide bonds. The summed E-state index contributed by atoms with van der Waals surface area (Å²) in [6.07, 6.45) is 5.68. The number of thioether (sulfide) groups is 1. The van der Waals surface area contributed by atoms with Crippen molar-refractivity contribution in [1.82, 2.24) is 21.3 Å². The molecule has 0 saturated carbocycles. The van der Waals surface area contributed by atoms with Gasteiger partial charge in [-0.25, -0.2) is 4.79 Å². The molecule has 0 aromatic heterocycles. The second-order valence-electron chi connectivity index (χ2n) is 10.2. The molecule has 2 saturated heterocycles. The molecular formula is C28H56N4O7S. The molecule has 2 aliphatic heterocycles. The van der Waals surface area contributed by atoms with Gasteiger partial charge in [0.1, 0.15) is 0 Å². The molecule has 2 fully saturated rings. The average Bonchev–Trinajstić information content (AvgIpc) is 3.49. The zero-order valence-electron chi connectivity index (χ0n) is 25.7. The lowest BCUT2D eigenvalue weighted by Crippen LogP contribution is -2.36. The fourth-order valence-electron chi connectivity index (χ4n) is 3.64. The number of ether oxygens (including phenoxy) is 4. The number of carbonyl (C=O) groups excluding carboxylic acids is 3. The van der Waals surface area contributed by atoms with Gasteiger partial charge in [-0.15, -0.1) is 0 Å². The molecule has 11 nitrogen and oxygen atoms in total. The van der Waals surface area contributed by atoms with E-state index in [-0.39, 0.29) is 29.6 Å². The first-order chi connectivity index (χ1) is 19.3. The quantitative estimate of drug-likeness (QED) is 0.0963. The number of fused-ring (bicyclic) bond motifs is 1. The summed E-state index contributed by atoms with van der Waals surface area (Å²) in [4.78, 5) is 33.4. The van der Waals surface area contributed by atoms with Crippen LogP contribution in [0.2, 0.25) is 0 Å². The summed E-state index contributed by atoms with van der Waals surface area (Å²) in [5.74, 6) is 1.06. The van der Waals surface area contributed by atoms with Gasteiger partial charge in [-0.05, 0) is 46.5 Å². The van der Waals surface area contributed by atoms with E-state index >= 15 is 0 Å². The molecule has 2 aliphatic rings. The normalized spacial score (nSPS) is 19.2. The molecule has 0 bridgehead atoms. The molecule has 0 spiro atoms. The van der Waals surface area contributed by atoms with Crippen LogP contribution in [0.25, 0.3) is 0 Å². The van der Waals surface area contributed by atoms with Gasteiger partial charge >= 0.3 is 6.03 Å². The molecule has 40 heavy (non-hydrogen) atoms. The molecule has 0 radical (unpaired) electrons. The smallest absolute Gasteiger partial charge is 0.315 e. The maximum Gasteiger partial charge on any atom is 0.315 e. The van der Waals surface area contributed by atoms with Crippen LogP contribution >= 0.6 is 11.8 Å². The van der Waals surface area contributed by atoms with E-state index in [1.165, 1.54) is 0 Å². The van der Waals surface area contributed by atoms with Gasteiger partial charge in [0.05, 0.1) is 44.1 Å². The largest absolute Gasteiger partial charge is 0.379 e. The second-order valence-corrected chi connectivity index (χ2v) is 11.4. The number of methoxy groups -OCH3 is 1. The highest BCUT2D eigenvalue weighted by atomic mass is 32.2. The predicted octanol–water partition coefficient (Wildman–Crippen LogP) is 2.86. The van der Waals surface area contributed by atoms with Crippen molar-refractivity contribution in [2.45, 2.75) is 96.1 Å². The third-order valence-corrected chi connectivity index (χ3v) is 7.43. The summed E-state index contributed by atoms with van der Waals surface area (Å²) in [7, 11) is 1.71. The van der Waals surface area contributed by atoms with Crippen molar-refractivity contribution in [3.8, 4) is 0 Å². The minimum absolute atomic E-state index is 0.0417. The predicted molar refractivity (Wildman–Crippen MR) is 161 cm³/mol. The third kappa shape index (κ3) is 21.2. The first-order valence-corrected chi connectivity index (χ1v) is 15.7. The highest BCUT2D eigenvalue weighted by molar-refractivity contribution is 8.00. The van der Waals surface area contributed by atoms with Crippen molar-refractivity contribution >= 4 is 30.1 Å². The molecule has 0 aromatic carbocycles. The molecule has 0 aliphatic carbocycles. The Hall–Kier alpha value is -1.60. The summed E-state index contributed by atoms with van der Waals surface area (Å²) in [6, 6.07) is 0.448. The van der Waals surface area contributed by atoms with Crippen LogP contribution in [0.15, 0.2) is 0 Å². The standard InChI is InChI=1S/C21H38N4O6S.C5H12O.C2H6/c26-16-22-7-3-9-29-11-13-31-14-12-30-10-4-8-23-19(27)6-2-1-5-18-20-17(15-32-18)24-21(28)25-20;1-5(2,3)6-4;1-2/h16-18,20H,1-15H2,(H,22,26)(H,23,27)(H2,24,25,28);1-4H3;1-2H3. The Bertz CT molecular complexity index is 653. The maximum atomic E-state index is 11.9. The number of hydrogen-bond acceptors (Lipinski definition) is 8. The topological polar surface area (TPSA) is 136 Å². The van der Waals surface area contributed by atoms with Gasteiger partial charge in [0.2, 0.25) is 12.3 Å². The van der Waals surface area contributed by atoms with Gasteiger partial charge in [0.15, 0.2) is 0 Å². The summed E-state index contributed by atoms with van der Waals surface area (Å²) in [5.41, 5.74) is 0.0417. The van der Waals surface area contributed by atoms with Crippen molar-refractivity contribution in [3.05, 3.63) is 0 Å². The molecular weight excluding hydrogens is 536 g/mol. The SMILES string of the molecule is CC.COC(C)(C)C.O=CNCCCOCCOCCOCCCNC(=O)CCCCC1SCC2NC(=O)NC21. The van der Waals surface area contributed by atoms with Crippen LogP contribution in [0, 0.1) is 0 Å². The van der Waals surface area contributed by atoms with E-state index in [2.05, 4.69) is 21.3 Å². The van der Waals surface area contributed by atoms with Crippen molar-refractivity contribution in [2.75, 3.05) is 65.6 Å². The Balaban J connectivity index is 0.00000168. The Kier molecular flexibility index (Phi) is 24.1. The summed E-state index contributed by atoms with van der Waals surface area (Å²) in [6.45, 7) is 14.6. The minimum atomic E-state index is -0.0523. The first-order valence-electron chi connectivity index (χ1n) is 14.7. The Morgan fingerprint density at radius 1 is 0.950 bits per heavy atom. The number of rotatable bonds is 20. The lowest BCUT2D eigenvalue weighted by Gasteiger charge is -2.16. The van der Waals surface area contributed by atoms with E-state index in [0.29, 0.717) is 70.8 Å². The second kappa shape index (κ2) is 25.1. The molecule has 2 rings (SSSR count). The monoisotopic (exact) mass is 592 g/mol. The summed E-state index contributed by atoms with van der Waals surface area (Å²) < 4.78 is 21.2. The van der Waals surface area contributed by atoms with Gasteiger partial charge in [0, 0.05) is 50.8 Å². The van der Waals surface area contributed by atoms with E-state index in [9.17, 15) is 14.4 Å². The van der Waals surface area contributed by atoms with Gasteiger partial charge in [-0.2, -0.15) is 11.8 Å². The van der Waals surface area contributed by atoms with Crippen LogP contribution in [0.3, 0.4) is 0 Å². The fourth-order valence-corrected chi connectivity index (χ4v) is 5.19. The molecule has 236 valence electrons. The third-order valence-electron chi connectivity index (χ3n) is 5.92. The number of unbranched alkanes of at least 4 members (excludes halogenated alkanes) is 1. The number of amides is 4. The van der Waals surface area contributed by atoms with E-state index in [4.69, 9.17) is 18.9 Å². The maximum absolute atomic E-state index is 11.9. The zero-order valence-corrected chi connectivity index (χ0v) is 26.5. The highest BCUT2D eigenvalue weighted by Crippen LogP contribution is 2.33. The van der Waals surface area contributed by atoms with E-state index < -0.39 is 0 Å². The van der Waals surface area contributed by atoms with E-state index in [0.717, 1.165) is 37.9 Å². The minimum Gasteiger partial charge on any atom is -0.379 e. The number of urea groups is 1. The van der Waals surface area contributed by atoms with Crippen LogP contribution < -0.4 is 21.3 Å². The van der Waals surface area contributed by atoms with Crippen molar-refractivity contribution in [1.29, 1.82) is 0 Å². The molecule has 12 heteroatoms. The zero-order chi connectivity index (χ0) is 30.1. The number of carbonyl (C=O) groups is 3. The number of hydrogen-bond donors (Lipinski definition) is 4. The molecule has 2 heterocycles. The van der Waals surface area contributed by atoms with Crippen LogP contribution in [0.1, 0.15) is 73.1 Å². The first kappa shape index (κ1) is 38.4. The van der Waals surface area contributed by atoms with Crippen LogP contribution in [-0.4, -0.2) is 107 Å². The van der Waals surface area contributed by atoms with Gasteiger partial charge in [-0.1, -0.05) is 20.3 Å². The molecule has 4 N–H and O–H groups in total. The molecule has 3 unspecified atom stereocenters. The Morgan fingerprint density at radius 3 is 2.10 bits per heavy atom. The van der Waals surface area contributed by atoms with Crippen molar-refractivity contribution in [3.63, 3.8) is 0 Å². The van der Waals surface area contributed by atoms with Crippen molar-refractivity contribution in [2.24, 2.45) is 0 Å². The van der Waals surface area contributed by atoms with Crippen LogP contribution in [-0.2, 0) is 28.5 Å². The van der Waals surface area contributed by atoms with Crippen LogP contribution in [0.5, 0.6) is 0 Å². The van der Waals surface area contributed by atoms with Crippen molar-refractivity contribution < 1.29 is 33.3 Å². The summed E-state index contributed by atoms with van der Waals surface area (Å²) >= 11 is 1.91. The Labute approximate surface area is 246 Å². The molecule has 3 atom stereocenters. The van der Waals surface area contributed by atoms with Gasteiger partial charge in [0.25, 0.3) is 0 Å². The molecule has 0 aromatic rings. The van der Waals surface area contributed by atoms with Gasteiger partial charge < -0.3 is 40.2 Å². The Morgan fingerprint density at radius 2 is 1.52 bits per heavy atom. The lowest BCUT2D eigenvalue weighted by atomic mass is 10.0. The van der Waals surface area contributed by atoms with E-state index in [1.807, 2.05) is 46.4 Å². The number of nitrogens with one attached hydrogen (secondary N) is 4. The highest BCUT2D eigenvalue weighted by Gasteiger charge is 2.42. The lowest BCUT2D eigenvalue weighted by molar-refractivity contribution is -0.121.